The van der Waals surface area contributed by atoms with Crippen LogP contribution in [0.1, 0.15) is 35.3 Å². The van der Waals surface area contributed by atoms with Gasteiger partial charge in [-0.25, -0.2) is 0 Å². The number of aromatic amines is 1. The number of hydrogen-bond acceptors (Lipinski definition) is 5. The maximum absolute atomic E-state index is 12.2. The molecule has 1 aromatic carbocycles. The number of benzene rings is 1. The fourth-order valence-electron chi connectivity index (χ4n) is 2.54. The molecule has 3 aromatic rings. The Balaban J connectivity index is 1.46. The molecule has 2 aromatic heterocycles. The largest absolute Gasteiger partial charge is 0.350 e. The minimum Gasteiger partial charge on any atom is -0.350 e. The van der Waals surface area contributed by atoms with Gasteiger partial charge >= 0.3 is 0 Å². The van der Waals surface area contributed by atoms with Crippen LogP contribution >= 0.6 is 12.2 Å². The fourth-order valence-corrected chi connectivity index (χ4v) is 2.85. The Morgan fingerprint density at radius 1 is 1.38 bits per heavy atom. The zero-order chi connectivity index (χ0) is 16.5. The first-order chi connectivity index (χ1) is 11.7. The predicted octanol–water partition coefficient (Wildman–Crippen LogP) is 2.86. The van der Waals surface area contributed by atoms with Crippen molar-refractivity contribution in [1.82, 2.24) is 25.2 Å². The van der Waals surface area contributed by atoms with Crippen molar-refractivity contribution in [3.8, 4) is 11.3 Å². The first-order valence-electron chi connectivity index (χ1n) is 7.68. The highest BCUT2D eigenvalue weighted by Crippen LogP contribution is 2.35. The van der Waals surface area contributed by atoms with Crippen LogP contribution in [0.3, 0.4) is 0 Å². The van der Waals surface area contributed by atoms with Crippen LogP contribution in [0, 0.1) is 4.77 Å². The maximum atomic E-state index is 12.2. The van der Waals surface area contributed by atoms with E-state index in [0.717, 1.165) is 24.2 Å². The van der Waals surface area contributed by atoms with Crippen LogP contribution in [0.25, 0.3) is 11.3 Å². The summed E-state index contributed by atoms with van der Waals surface area (Å²) in [5.41, 5.74) is 1.52. The van der Waals surface area contributed by atoms with Gasteiger partial charge in [-0.15, -0.1) is 0 Å². The van der Waals surface area contributed by atoms with Crippen LogP contribution in [-0.2, 0) is 6.54 Å². The van der Waals surface area contributed by atoms with Crippen LogP contribution in [-0.4, -0.2) is 25.8 Å². The molecule has 0 bridgehead atoms. The first kappa shape index (κ1) is 14.8. The summed E-state index contributed by atoms with van der Waals surface area (Å²) in [6, 6.07) is 11.6. The molecule has 2 heterocycles. The number of carbonyl (C=O) groups is 1. The summed E-state index contributed by atoms with van der Waals surface area (Å²) < 4.78 is 7.70. The van der Waals surface area contributed by atoms with E-state index in [4.69, 9.17) is 16.7 Å². The second kappa shape index (κ2) is 6.04. The molecular formula is C16H15N5O2S. The number of nitrogens with one attached hydrogen (secondary N) is 2. The van der Waals surface area contributed by atoms with Gasteiger partial charge in [0.25, 0.3) is 5.91 Å². The molecule has 0 spiro atoms. The van der Waals surface area contributed by atoms with Crippen LogP contribution < -0.4 is 5.32 Å². The van der Waals surface area contributed by atoms with E-state index < -0.39 is 0 Å². The molecule has 0 atom stereocenters. The van der Waals surface area contributed by atoms with Crippen LogP contribution in [0.15, 0.2) is 40.9 Å². The quantitative estimate of drug-likeness (QED) is 0.697. The second-order valence-electron chi connectivity index (χ2n) is 5.67. The number of hydrogen-bond donors (Lipinski definition) is 2. The van der Waals surface area contributed by atoms with Gasteiger partial charge in [-0.3, -0.25) is 14.5 Å². The van der Waals surface area contributed by atoms with Crippen molar-refractivity contribution in [2.75, 3.05) is 0 Å². The lowest BCUT2D eigenvalue weighted by atomic mass is 10.1. The van der Waals surface area contributed by atoms with Gasteiger partial charge in [0.05, 0.1) is 6.54 Å². The smallest absolute Gasteiger partial charge is 0.290 e. The Bertz CT molecular complexity index is 923. The van der Waals surface area contributed by atoms with E-state index in [0.29, 0.717) is 16.5 Å². The normalized spacial score (nSPS) is 13.8. The molecule has 2 N–H and O–H groups in total. The molecule has 0 aliphatic heterocycles. The molecule has 8 heteroatoms. The van der Waals surface area contributed by atoms with Crippen LogP contribution in [0.4, 0.5) is 0 Å². The molecular weight excluding hydrogens is 326 g/mol. The van der Waals surface area contributed by atoms with E-state index in [2.05, 4.69) is 20.7 Å². The third-order valence-electron chi connectivity index (χ3n) is 3.90. The highest BCUT2D eigenvalue weighted by Gasteiger charge is 2.27. The number of rotatable bonds is 5. The van der Waals surface area contributed by atoms with E-state index in [1.165, 1.54) is 0 Å². The SMILES string of the molecule is O=C(NCc1n[nH]c(=S)n1C1CC1)c1cc(-c2ccccc2)no1. The molecule has 1 amide bonds. The highest BCUT2D eigenvalue weighted by atomic mass is 32.1. The molecule has 1 saturated carbocycles. The third-order valence-corrected chi connectivity index (χ3v) is 4.19. The highest BCUT2D eigenvalue weighted by molar-refractivity contribution is 7.71. The van der Waals surface area contributed by atoms with Crippen molar-refractivity contribution in [3.63, 3.8) is 0 Å². The average Bonchev–Trinajstić information content (AvgIpc) is 3.19. The summed E-state index contributed by atoms with van der Waals surface area (Å²) in [7, 11) is 0. The number of H-pyrrole nitrogens is 1. The number of aromatic nitrogens is 4. The monoisotopic (exact) mass is 341 g/mol. The van der Waals surface area contributed by atoms with E-state index in [1.54, 1.807) is 6.07 Å². The van der Waals surface area contributed by atoms with Crippen LogP contribution in [0.2, 0.25) is 0 Å². The minimum absolute atomic E-state index is 0.168. The topological polar surface area (TPSA) is 88.7 Å². The Kier molecular flexibility index (Phi) is 3.73. The van der Waals surface area contributed by atoms with Crippen molar-refractivity contribution in [2.45, 2.75) is 25.4 Å². The minimum atomic E-state index is -0.332. The standard InChI is InChI=1S/C16H15N5O2S/c22-15(13-8-12(20-23-13)10-4-2-1-3-5-10)17-9-14-18-19-16(24)21(14)11-6-7-11/h1-5,8,11H,6-7,9H2,(H,17,22)(H,19,24). The van der Waals surface area contributed by atoms with Crippen LogP contribution in [0.5, 0.6) is 0 Å². The van der Waals surface area contributed by atoms with Crippen molar-refractivity contribution >= 4 is 18.1 Å². The van der Waals surface area contributed by atoms with Gasteiger partial charge in [-0.1, -0.05) is 35.5 Å². The Morgan fingerprint density at radius 2 is 2.17 bits per heavy atom. The maximum Gasteiger partial charge on any atom is 0.290 e. The van der Waals surface area contributed by atoms with Gasteiger partial charge in [0.15, 0.2) is 10.6 Å². The van der Waals surface area contributed by atoms with Gasteiger partial charge in [0, 0.05) is 17.7 Å². The molecule has 4 rings (SSSR count). The summed E-state index contributed by atoms with van der Waals surface area (Å²) in [6.07, 6.45) is 2.19. The zero-order valence-electron chi connectivity index (χ0n) is 12.7. The summed E-state index contributed by atoms with van der Waals surface area (Å²) in [5, 5.41) is 13.7. The molecule has 1 aliphatic rings. The van der Waals surface area contributed by atoms with E-state index in [-0.39, 0.29) is 18.2 Å². The molecule has 1 fully saturated rings. The molecule has 1 aliphatic carbocycles. The fraction of sp³-hybridized carbons (Fsp3) is 0.250. The number of nitrogens with zero attached hydrogens (tertiary/aromatic N) is 3. The van der Waals surface area contributed by atoms with Gasteiger partial charge < -0.3 is 9.84 Å². The molecule has 122 valence electrons. The van der Waals surface area contributed by atoms with Gasteiger partial charge in [-0.2, -0.15) is 5.10 Å². The number of amides is 1. The second-order valence-corrected chi connectivity index (χ2v) is 6.06. The lowest BCUT2D eigenvalue weighted by molar-refractivity contribution is 0.0912. The Morgan fingerprint density at radius 3 is 2.92 bits per heavy atom. The van der Waals surface area contributed by atoms with Gasteiger partial charge in [0.1, 0.15) is 5.69 Å². The number of carbonyl (C=O) groups excluding carboxylic acids is 1. The summed E-state index contributed by atoms with van der Waals surface area (Å²) in [5.74, 6) is 0.556. The van der Waals surface area contributed by atoms with Crippen molar-refractivity contribution in [1.29, 1.82) is 0 Å². The van der Waals surface area contributed by atoms with E-state index >= 15 is 0 Å². The third kappa shape index (κ3) is 2.88. The summed E-state index contributed by atoms with van der Waals surface area (Å²) >= 11 is 5.22. The molecule has 0 saturated heterocycles. The van der Waals surface area contributed by atoms with E-state index in [1.807, 2.05) is 34.9 Å². The first-order valence-corrected chi connectivity index (χ1v) is 8.09. The zero-order valence-corrected chi connectivity index (χ0v) is 13.5. The van der Waals surface area contributed by atoms with Crippen molar-refractivity contribution in [2.24, 2.45) is 0 Å². The molecule has 0 radical (unpaired) electrons. The van der Waals surface area contributed by atoms with E-state index in [9.17, 15) is 4.79 Å². The lowest BCUT2D eigenvalue weighted by Gasteiger charge is -2.05. The van der Waals surface area contributed by atoms with Gasteiger partial charge in [-0.05, 0) is 25.1 Å². The predicted molar refractivity (Wildman–Crippen MR) is 88.8 cm³/mol. The summed E-state index contributed by atoms with van der Waals surface area (Å²) in [6.45, 7) is 0.282. The molecule has 7 nitrogen and oxygen atoms in total. The Labute approximate surface area is 142 Å². The summed E-state index contributed by atoms with van der Waals surface area (Å²) in [4.78, 5) is 12.2. The molecule has 0 unspecified atom stereocenters. The van der Waals surface area contributed by atoms with Crippen molar-refractivity contribution in [3.05, 3.63) is 52.8 Å². The average molecular weight is 341 g/mol. The lowest BCUT2D eigenvalue weighted by Crippen LogP contribution is -2.24. The Hall–Kier alpha value is -2.74. The van der Waals surface area contributed by atoms with Gasteiger partial charge in [0.2, 0.25) is 5.76 Å². The van der Waals surface area contributed by atoms with Crippen molar-refractivity contribution < 1.29 is 9.32 Å². The molecule has 24 heavy (non-hydrogen) atoms.